The molecule has 8 nitrogen and oxygen atoms in total. The minimum atomic E-state index is -0.452. The number of aromatic nitrogens is 1. The molecule has 1 aromatic heterocycles. The van der Waals surface area contributed by atoms with Crippen LogP contribution in [0.1, 0.15) is 32.1 Å². The molecule has 0 amide bonds. The van der Waals surface area contributed by atoms with E-state index in [1.54, 1.807) is 6.20 Å². The SMILES string of the molecule is C1CNCCN1.O=[N+]([O-])c1ccc(N2CCC(N3CCCCC3)CC2)cn1. The Hall–Kier alpha value is -1.77. The first-order valence-corrected chi connectivity index (χ1v) is 10.2. The second-order valence-corrected chi connectivity index (χ2v) is 7.45. The Kier molecular flexibility index (Phi) is 7.79. The second-order valence-electron chi connectivity index (χ2n) is 7.45. The van der Waals surface area contributed by atoms with E-state index in [1.165, 1.54) is 51.3 Å². The number of rotatable bonds is 3. The Morgan fingerprint density at radius 3 is 2.07 bits per heavy atom. The summed E-state index contributed by atoms with van der Waals surface area (Å²) in [7, 11) is 0. The first-order valence-electron chi connectivity index (χ1n) is 10.2. The predicted molar refractivity (Wildman–Crippen MR) is 107 cm³/mol. The Balaban J connectivity index is 0.000000299. The molecule has 27 heavy (non-hydrogen) atoms. The highest BCUT2D eigenvalue weighted by atomic mass is 16.6. The number of anilines is 1. The Bertz CT molecular complexity index is 553. The van der Waals surface area contributed by atoms with Gasteiger partial charge >= 0.3 is 5.82 Å². The van der Waals surface area contributed by atoms with Gasteiger partial charge in [-0.15, -0.1) is 0 Å². The van der Waals surface area contributed by atoms with Crippen molar-refractivity contribution in [3.05, 3.63) is 28.4 Å². The van der Waals surface area contributed by atoms with Gasteiger partial charge in [0.2, 0.25) is 0 Å². The van der Waals surface area contributed by atoms with Gasteiger partial charge in [0.1, 0.15) is 0 Å². The zero-order chi connectivity index (χ0) is 18.9. The fourth-order valence-electron chi connectivity index (χ4n) is 4.05. The highest BCUT2D eigenvalue weighted by Gasteiger charge is 2.26. The third-order valence-corrected chi connectivity index (χ3v) is 5.61. The minimum Gasteiger partial charge on any atom is -0.368 e. The second kappa shape index (κ2) is 10.5. The van der Waals surface area contributed by atoms with Crippen LogP contribution in [0.5, 0.6) is 0 Å². The maximum atomic E-state index is 10.6. The van der Waals surface area contributed by atoms with Crippen LogP contribution in [0.2, 0.25) is 0 Å². The molecule has 0 saturated carbocycles. The van der Waals surface area contributed by atoms with Crippen molar-refractivity contribution in [3.8, 4) is 0 Å². The maximum Gasteiger partial charge on any atom is 0.363 e. The van der Waals surface area contributed by atoms with E-state index < -0.39 is 4.92 Å². The van der Waals surface area contributed by atoms with Gasteiger partial charge in [0.15, 0.2) is 6.20 Å². The molecule has 0 atom stereocenters. The van der Waals surface area contributed by atoms with Crippen LogP contribution >= 0.6 is 0 Å². The molecule has 3 fully saturated rings. The lowest BCUT2D eigenvalue weighted by molar-refractivity contribution is -0.389. The number of nitro groups is 1. The van der Waals surface area contributed by atoms with Crippen molar-refractivity contribution in [2.45, 2.75) is 38.1 Å². The summed E-state index contributed by atoms with van der Waals surface area (Å²) in [6, 6.07) is 4.02. The summed E-state index contributed by atoms with van der Waals surface area (Å²) in [5, 5.41) is 17.1. The van der Waals surface area contributed by atoms with Crippen LogP contribution in [0, 0.1) is 10.1 Å². The summed E-state index contributed by atoms with van der Waals surface area (Å²) in [5.41, 5.74) is 0.998. The van der Waals surface area contributed by atoms with E-state index in [0.717, 1.165) is 45.0 Å². The molecule has 150 valence electrons. The lowest BCUT2D eigenvalue weighted by Crippen LogP contribution is -2.46. The van der Waals surface area contributed by atoms with Crippen LogP contribution < -0.4 is 15.5 Å². The number of nitrogens with one attached hydrogen (secondary N) is 2. The van der Waals surface area contributed by atoms with Gasteiger partial charge in [-0.25, -0.2) is 0 Å². The quantitative estimate of drug-likeness (QED) is 0.612. The zero-order valence-corrected chi connectivity index (χ0v) is 16.1. The standard InChI is InChI=1S/C15H22N4O2.C4H10N2/c20-19(21)15-5-4-14(12-16-15)18-10-6-13(7-11-18)17-8-2-1-3-9-17;1-2-6-4-3-5-1/h4-5,12-13H,1-3,6-11H2;5-6H,1-4H2. The van der Waals surface area contributed by atoms with Crippen molar-refractivity contribution < 1.29 is 4.92 Å². The number of likely N-dealkylation sites (tertiary alicyclic amines) is 1. The molecule has 4 heterocycles. The van der Waals surface area contributed by atoms with E-state index in [0.29, 0.717) is 6.04 Å². The first kappa shape index (κ1) is 20.0. The number of pyridine rings is 1. The van der Waals surface area contributed by atoms with Gasteiger partial charge in [-0.05, 0) is 54.7 Å². The monoisotopic (exact) mass is 376 g/mol. The largest absolute Gasteiger partial charge is 0.368 e. The number of piperidine rings is 2. The Morgan fingerprint density at radius 1 is 0.963 bits per heavy atom. The van der Waals surface area contributed by atoms with Gasteiger partial charge < -0.3 is 30.5 Å². The van der Waals surface area contributed by atoms with E-state index in [2.05, 4.69) is 25.4 Å². The molecule has 0 aliphatic carbocycles. The van der Waals surface area contributed by atoms with Gasteiger partial charge in [0.05, 0.1) is 5.69 Å². The Morgan fingerprint density at radius 2 is 1.59 bits per heavy atom. The van der Waals surface area contributed by atoms with Crippen LogP contribution in [-0.4, -0.2) is 73.2 Å². The van der Waals surface area contributed by atoms with Crippen LogP contribution in [0.4, 0.5) is 11.5 Å². The van der Waals surface area contributed by atoms with Crippen LogP contribution in [0.25, 0.3) is 0 Å². The Labute approximate surface area is 161 Å². The zero-order valence-electron chi connectivity index (χ0n) is 16.1. The van der Waals surface area contributed by atoms with Gasteiger partial charge in [-0.3, -0.25) is 0 Å². The highest BCUT2D eigenvalue weighted by molar-refractivity contribution is 5.46. The smallest absolute Gasteiger partial charge is 0.363 e. The van der Waals surface area contributed by atoms with E-state index in [1.807, 2.05) is 6.07 Å². The molecule has 4 rings (SSSR count). The van der Waals surface area contributed by atoms with Crippen molar-refractivity contribution >= 4 is 11.5 Å². The lowest BCUT2D eigenvalue weighted by Gasteiger charge is -2.40. The molecule has 0 spiro atoms. The summed E-state index contributed by atoms with van der Waals surface area (Å²) >= 11 is 0. The average molecular weight is 377 g/mol. The van der Waals surface area contributed by atoms with E-state index >= 15 is 0 Å². The summed E-state index contributed by atoms with van der Waals surface area (Å²) < 4.78 is 0. The van der Waals surface area contributed by atoms with Crippen LogP contribution in [-0.2, 0) is 0 Å². The van der Waals surface area contributed by atoms with E-state index in [-0.39, 0.29) is 5.82 Å². The van der Waals surface area contributed by atoms with Crippen LogP contribution in [0.3, 0.4) is 0 Å². The molecule has 0 radical (unpaired) electrons. The lowest BCUT2D eigenvalue weighted by atomic mass is 9.99. The molecular weight excluding hydrogens is 344 g/mol. The van der Waals surface area contributed by atoms with E-state index in [4.69, 9.17) is 0 Å². The van der Waals surface area contributed by atoms with Crippen molar-refractivity contribution in [1.82, 2.24) is 20.5 Å². The molecule has 3 aliphatic rings. The molecule has 2 N–H and O–H groups in total. The molecule has 0 unspecified atom stereocenters. The van der Waals surface area contributed by atoms with Crippen molar-refractivity contribution in [1.29, 1.82) is 0 Å². The highest BCUT2D eigenvalue weighted by Crippen LogP contribution is 2.25. The molecular formula is C19H32N6O2. The maximum absolute atomic E-state index is 10.6. The summed E-state index contributed by atoms with van der Waals surface area (Å²) in [6.45, 7) is 9.09. The van der Waals surface area contributed by atoms with Gasteiger partial charge in [-0.1, -0.05) is 6.42 Å². The van der Waals surface area contributed by atoms with Crippen molar-refractivity contribution in [2.24, 2.45) is 0 Å². The fourth-order valence-corrected chi connectivity index (χ4v) is 4.05. The predicted octanol–water partition coefficient (Wildman–Crippen LogP) is 1.62. The number of nitrogens with zero attached hydrogens (tertiary/aromatic N) is 4. The molecule has 0 bridgehead atoms. The number of hydrogen-bond acceptors (Lipinski definition) is 7. The first-order chi connectivity index (χ1) is 13.2. The third kappa shape index (κ3) is 6.12. The van der Waals surface area contributed by atoms with Crippen LogP contribution in [0.15, 0.2) is 18.3 Å². The minimum absolute atomic E-state index is 0.0815. The molecule has 8 heteroatoms. The fraction of sp³-hybridized carbons (Fsp3) is 0.737. The summed E-state index contributed by atoms with van der Waals surface area (Å²) in [6.07, 6.45) is 8.04. The molecule has 3 aliphatic heterocycles. The summed E-state index contributed by atoms with van der Waals surface area (Å²) in [4.78, 5) is 19.0. The van der Waals surface area contributed by atoms with Crippen molar-refractivity contribution in [3.63, 3.8) is 0 Å². The topological polar surface area (TPSA) is 86.6 Å². The number of piperazine rings is 1. The van der Waals surface area contributed by atoms with Gasteiger partial charge in [0.25, 0.3) is 0 Å². The van der Waals surface area contributed by atoms with E-state index in [9.17, 15) is 10.1 Å². The normalized spacial score (nSPS) is 22.0. The average Bonchev–Trinajstić information content (AvgIpc) is 2.76. The van der Waals surface area contributed by atoms with Gasteiger partial charge in [-0.2, -0.15) is 0 Å². The third-order valence-electron chi connectivity index (χ3n) is 5.61. The molecule has 1 aromatic rings. The molecule has 0 aromatic carbocycles. The summed E-state index contributed by atoms with van der Waals surface area (Å²) in [5.74, 6) is -0.0815. The van der Waals surface area contributed by atoms with Gasteiger partial charge in [0, 0.05) is 51.4 Å². The van der Waals surface area contributed by atoms with Crippen molar-refractivity contribution in [2.75, 3.05) is 57.3 Å². The molecule has 3 saturated heterocycles. The number of hydrogen-bond donors (Lipinski definition) is 2.